The van der Waals surface area contributed by atoms with Crippen LogP contribution < -0.4 is 0 Å². The Morgan fingerprint density at radius 3 is 2.55 bits per heavy atom. The Labute approximate surface area is 113 Å². The average molecular weight is 285 g/mol. The van der Waals surface area contributed by atoms with E-state index in [9.17, 15) is 18.0 Å². The van der Waals surface area contributed by atoms with Crippen LogP contribution in [-0.2, 0) is 17.5 Å². The van der Waals surface area contributed by atoms with Crippen molar-refractivity contribution in [2.75, 3.05) is 0 Å². The number of carbonyl (C=O) groups is 1. The number of halogens is 3. The third-order valence-corrected chi connectivity index (χ3v) is 3.42. The fourth-order valence-electron chi connectivity index (χ4n) is 2.34. The van der Waals surface area contributed by atoms with Crippen LogP contribution in [0.4, 0.5) is 13.2 Å². The van der Waals surface area contributed by atoms with Crippen LogP contribution in [0.15, 0.2) is 24.4 Å². The molecular formula is C14H14F3NO2. The number of aliphatic carboxylic acids is 1. The molecule has 0 spiro atoms. The van der Waals surface area contributed by atoms with Crippen LogP contribution in [0.3, 0.4) is 0 Å². The Balaban J connectivity index is 2.84. The maximum Gasteiger partial charge on any atom is 0.417 e. The molecule has 108 valence electrons. The van der Waals surface area contributed by atoms with E-state index in [1.165, 1.54) is 19.2 Å². The maximum atomic E-state index is 13.1. The van der Waals surface area contributed by atoms with E-state index in [0.717, 1.165) is 6.07 Å². The van der Waals surface area contributed by atoms with Crippen molar-refractivity contribution in [1.82, 2.24) is 4.57 Å². The fourth-order valence-corrected chi connectivity index (χ4v) is 2.34. The number of carboxylic acids is 1. The maximum absolute atomic E-state index is 13.1. The number of nitrogens with zero attached hydrogens (tertiary/aromatic N) is 1. The number of alkyl halides is 3. The molecule has 0 aliphatic carbocycles. The van der Waals surface area contributed by atoms with Gasteiger partial charge in [-0.1, -0.05) is 6.07 Å². The largest absolute Gasteiger partial charge is 0.481 e. The van der Waals surface area contributed by atoms with Crippen LogP contribution in [0.2, 0.25) is 0 Å². The normalized spacial score (nSPS) is 13.7. The Kier molecular flexibility index (Phi) is 3.50. The molecule has 0 bridgehead atoms. The van der Waals surface area contributed by atoms with E-state index >= 15 is 0 Å². The van der Waals surface area contributed by atoms with Gasteiger partial charge in [-0.25, -0.2) is 0 Å². The van der Waals surface area contributed by atoms with Crippen molar-refractivity contribution in [3.05, 3.63) is 35.5 Å². The number of aryl methyl sites for hydroxylation is 1. The molecule has 0 saturated heterocycles. The van der Waals surface area contributed by atoms with Gasteiger partial charge in [-0.2, -0.15) is 13.2 Å². The zero-order valence-corrected chi connectivity index (χ0v) is 11.0. The summed E-state index contributed by atoms with van der Waals surface area (Å²) in [6.07, 6.45) is -3.01. The molecule has 1 atom stereocenters. The number of hydrogen-bond acceptors (Lipinski definition) is 1. The molecule has 3 nitrogen and oxygen atoms in total. The van der Waals surface area contributed by atoms with E-state index < -0.39 is 23.6 Å². The first-order chi connectivity index (χ1) is 9.27. The first kappa shape index (κ1) is 14.4. The van der Waals surface area contributed by atoms with E-state index in [0.29, 0.717) is 12.1 Å². The summed E-state index contributed by atoms with van der Waals surface area (Å²) >= 11 is 0. The van der Waals surface area contributed by atoms with Gasteiger partial charge < -0.3 is 9.67 Å². The summed E-state index contributed by atoms with van der Waals surface area (Å²) in [5, 5.41) is 9.06. The molecule has 0 saturated carbocycles. The highest BCUT2D eigenvalue weighted by Crippen LogP contribution is 2.39. The van der Waals surface area contributed by atoms with Gasteiger partial charge in [0.15, 0.2) is 0 Å². The molecule has 0 aliphatic rings. The molecule has 1 unspecified atom stereocenters. The average Bonchev–Trinajstić information content (AvgIpc) is 2.74. The zero-order chi connectivity index (χ0) is 15.1. The number of aromatic nitrogens is 1. The summed E-state index contributed by atoms with van der Waals surface area (Å²) in [7, 11) is 0. The number of rotatable bonds is 3. The summed E-state index contributed by atoms with van der Waals surface area (Å²) in [6.45, 7) is 3.67. The van der Waals surface area contributed by atoms with Crippen LogP contribution in [0.5, 0.6) is 0 Å². The van der Waals surface area contributed by atoms with Crippen molar-refractivity contribution in [3.8, 4) is 0 Å². The lowest BCUT2D eigenvalue weighted by Crippen LogP contribution is -2.10. The van der Waals surface area contributed by atoms with Crippen molar-refractivity contribution in [2.45, 2.75) is 32.5 Å². The van der Waals surface area contributed by atoms with Gasteiger partial charge in [-0.05, 0) is 31.5 Å². The van der Waals surface area contributed by atoms with E-state index in [-0.39, 0.29) is 10.9 Å². The molecule has 0 amide bonds. The Morgan fingerprint density at radius 2 is 2.05 bits per heavy atom. The van der Waals surface area contributed by atoms with Gasteiger partial charge in [0.05, 0.1) is 11.5 Å². The lowest BCUT2D eigenvalue weighted by atomic mass is 9.97. The van der Waals surface area contributed by atoms with Crippen molar-refractivity contribution < 1.29 is 23.1 Å². The molecule has 1 N–H and O–H groups in total. The molecule has 2 rings (SSSR count). The molecule has 6 heteroatoms. The van der Waals surface area contributed by atoms with E-state index in [1.54, 1.807) is 17.6 Å². The second-order valence-electron chi connectivity index (χ2n) is 4.63. The molecule has 1 aromatic carbocycles. The zero-order valence-electron chi connectivity index (χ0n) is 11.0. The molecular weight excluding hydrogens is 271 g/mol. The van der Waals surface area contributed by atoms with E-state index in [1.807, 2.05) is 0 Å². The van der Waals surface area contributed by atoms with Crippen molar-refractivity contribution >= 4 is 16.9 Å². The number of carboxylic acid groups (broad SMARTS) is 1. The monoisotopic (exact) mass is 285 g/mol. The fraction of sp³-hybridized carbons (Fsp3) is 0.357. The lowest BCUT2D eigenvalue weighted by molar-refractivity contribution is -0.139. The van der Waals surface area contributed by atoms with Gasteiger partial charge in [0, 0.05) is 23.6 Å². The second-order valence-corrected chi connectivity index (χ2v) is 4.63. The summed E-state index contributed by atoms with van der Waals surface area (Å²) in [5.74, 6) is -2.13. The minimum Gasteiger partial charge on any atom is -0.481 e. The van der Waals surface area contributed by atoms with Gasteiger partial charge >= 0.3 is 12.1 Å². The third-order valence-electron chi connectivity index (χ3n) is 3.42. The van der Waals surface area contributed by atoms with Crippen LogP contribution in [0.1, 0.15) is 30.9 Å². The smallest absolute Gasteiger partial charge is 0.417 e. The van der Waals surface area contributed by atoms with Gasteiger partial charge in [0.1, 0.15) is 0 Å². The Bertz CT molecular complexity index is 658. The minimum atomic E-state index is -4.51. The molecule has 0 aliphatic heterocycles. The van der Waals surface area contributed by atoms with Crippen molar-refractivity contribution in [2.24, 2.45) is 0 Å². The first-order valence-corrected chi connectivity index (χ1v) is 6.19. The lowest BCUT2D eigenvalue weighted by Gasteiger charge is -2.11. The molecule has 0 radical (unpaired) electrons. The quantitative estimate of drug-likeness (QED) is 0.930. The van der Waals surface area contributed by atoms with Crippen molar-refractivity contribution in [1.29, 1.82) is 0 Å². The van der Waals surface area contributed by atoms with Crippen LogP contribution in [-0.4, -0.2) is 15.6 Å². The van der Waals surface area contributed by atoms with Crippen LogP contribution >= 0.6 is 0 Å². The highest BCUT2D eigenvalue weighted by molar-refractivity contribution is 5.92. The minimum absolute atomic E-state index is 0.0169. The number of benzene rings is 1. The second kappa shape index (κ2) is 4.85. The highest BCUT2D eigenvalue weighted by Gasteiger charge is 2.35. The van der Waals surface area contributed by atoms with E-state index in [4.69, 9.17) is 5.11 Å². The Morgan fingerprint density at radius 1 is 1.40 bits per heavy atom. The van der Waals surface area contributed by atoms with Gasteiger partial charge in [-0.15, -0.1) is 0 Å². The van der Waals surface area contributed by atoms with Gasteiger partial charge in [0.25, 0.3) is 0 Å². The predicted octanol–water partition coefficient (Wildman–Crippen LogP) is 3.87. The van der Waals surface area contributed by atoms with E-state index in [2.05, 4.69) is 0 Å². The summed E-state index contributed by atoms with van der Waals surface area (Å²) in [4.78, 5) is 11.1. The molecule has 20 heavy (non-hydrogen) atoms. The highest BCUT2D eigenvalue weighted by atomic mass is 19.4. The summed E-state index contributed by atoms with van der Waals surface area (Å²) < 4.78 is 41.0. The molecule has 0 fully saturated rings. The summed E-state index contributed by atoms with van der Waals surface area (Å²) in [5.41, 5.74) is -0.182. The third kappa shape index (κ3) is 2.26. The molecule has 1 aromatic heterocycles. The van der Waals surface area contributed by atoms with Crippen molar-refractivity contribution in [3.63, 3.8) is 0 Å². The number of hydrogen-bond donors (Lipinski definition) is 1. The van der Waals surface area contributed by atoms with Crippen LogP contribution in [0.25, 0.3) is 10.9 Å². The predicted molar refractivity (Wildman–Crippen MR) is 68.7 cm³/mol. The molecule has 1 heterocycles. The van der Waals surface area contributed by atoms with Gasteiger partial charge in [-0.3, -0.25) is 4.79 Å². The van der Waals surface area contributed by atoms with Gasteiger partial charge in [0.2, 0.25) is 0 Å². The first-order valence-electron chi connectivity index (χ1n) is 6.19. The SMILES string of the molecule is CCn1cc(C(C)C(=O)O)c2c(C(F)(F)F)cccc21. The molecule has 2 aromatic rings. The Hall–Kier alpha value is -1.98. The van der Waals surface area contributed by atoms with Crippen LogP contribution in [0, 0.1) is 0 Å². The standard InChI is InChI=1S/C14H14F3NO2/c1-3-18-7-9(8(2)13(19)20)12-10(14(15,16)17)5-4-6-11(12)18/h4-8H,3H2,1-2H3,(H,19,20). The number of fused-ring (bicyclic) bond motifs is 1. The topological polar surface area (TPSA) is 42.2 Å². The summed E-state index contributed by atoms with van der Waals surface area (Å²) in [6, 6.07) is 3.90.